The highest BCUT2D eigenvalue weighted by molar-refractivity contribution is 7.80. The number of fused-ring (bicyclic) bond motifs is 1. The van der Waals surface area contributed by atoms with Gasteiger partial charge in [-0.05, 0) is 24.7 Å². The Morgan fingerprint density at radius 1 is 1.47 bits per heavy atom. The average Bonchev–Trinajstić information content (AvgIpc) is 2.56. The second-order valence-corrected chi connectivity index (χ2v) is 4.64. The minimum atomic E-state index is -0.319. The van der Waals surface area contributed by atoms with Gasteiger partial charge in [0.1, 0.15) is 0 Å². The summed E-state index contributed by atoms with van der Waals surface area (Å²) in [5.74, 6) is 0.518. The lowest BCUT2D eigenvalue weighted by molar-refractivity contribution is 0.349. The fraction of sp³-hybridized carbons (Fsp3) is 0.417. The SMILES string of the molecule is CN(CCS)Cc1ccc2oc(=O)n(C)c2c1. The van der Waals surface area contributed by atoms with Crippen molar-refractivity contribution in [3.05, 3.63) is 34.3 Å². The summed E-state index contributed by atoms with van der Waals surface area (Å²) in [6.45, 7) is 1.78. The number of hydrogen-bond acceptors (Lipinski definition) is 4. The molecule has 92 valence electrons. The lowest BCUT2D eigenvalue weighted by Gasteiger charge is -2.14. The predicted octanol–water partition coefficient (Wildman–Crippen LogP) is 1.49. The van der Waals surface area contributed by atoms with Gasteiger partial charge in [0.15, 0.2) is 5.58 Å². The first-order chi connectivity index (χ1) is 8.11. The highest BCUT2D eigenvalue weighted by Crippen LogP contribution is 2.15. The summed E-state index contributed by atoms with van der Waals surface area (Å²) in [6, 6.07) is 5.83. The van der Waals surface area contributed by atoms with Gasteiger partial charge in [-0.15, -0.1) is 0 Å². The number of aromatic nitrogens is 1. The van der Waals surface area contributed by atoms with E-state index in [0.29, 0.717) is 5.58 Å². The summed E-state index contributed by atoms with van der Waals surface area (Å²) < 4.78 is 6.61. The van der Waals surface area contributed by atoms with Crippen LogP contribution in [0.5, 0.6) is 0 Å². The zero-order chi connectivity index (χ0) is 12.4. The van der Waals surface area contributed by atoms with Gasteiger partial charge in [-0.25, -0.2) is 4.79 Å². The van der Waals surface area contributed by atoms with Gasteiger partial charge in [-0.1, -0.05) is 6.07 Å². The molecule has 0 aliphatic carbocycles. The molecule has 0 aliphatic rings. The summed E-state index contributed by atoms with van der Waals surface area (Å²) in [5.41, 5.74) is 2.64. The molecule has 0 N–H and O–H groups in total. The van der Waals surface area contributed by atoms with Crippen LogP contribution >= 0.6 is 12.6 Å². The molecule has 5 heteroatoms. The van der Waals surface area contributed by atoms with Crippen LogP contribution in [0.2, 0.25) is 0 Å². The molecule has 0 bridgehead atoms. The van der Waals surface area contributed by atoms with E-state index in [9.17, 15) is 4.79 Å². The Balaban J connectivity index is 2.31. The zero-order valence-corrected chi connectivity index (χ0v) is 10.9. The van der Waals surface area contributed by atoms with Crippen LogP contribution in [0, 0.1) is 0 Å². The standard InChI is InChI=1S/C12H16N2O2S/c1-13(5-6-17)8-9-3-4-11-10(7-9)14(2)12(15)16-11/h3-4,7,17H,5-6,8H2,1-2H3. The smallest absolute Gasteiger partial charge is 0.408 e. The molecule has 0 spiro atoms. The topological polar surface area (TPSA) is 38.4 Å². The van der Waals surface area contributed by atoms with Crippen LogP contribution < -0.4 is 5.76 Å². The molecule has 4 nitrogen and oxygen atoms in total. The Kier molecular flexibility index (Phi) is 3.59. The molecule has 0 aliphatic heterocycles. The van der Waals surface area contributed by atoms with Gasteiger partial charge >= 0.3 is 5.76 Å². The van der Waals surface area contributed by atoms with Gasteiger partial charge in [0.2, 0.25) is 0 Å². The first kappa shape index (κ1) is 12.3. The number of nitrogens with zero attached hydrogens (tertiary/aromatic N) is 2. The molecule has 0 fully saturated rings. The molecule has 0 amide bonds. The number of oxazole rings is 1. The molecular weight excluding hydrogens is 236 g/mol. The van der Waals surface area contributed by atoms with E-state index >= 15 is 0 Å². The number of hydrogen-bond donors (Lipinski definition) is 1. The highest BCUT2D eigenvalue weighted by atomic mass is 32.1. The second kappa shape index (κ2) is 4.98. The zero-order valence-electron chi connectivity index (χ0n) is 10.0. The van der Waals surface area contributed by atoms with Crippen LogP contribution in [-0.2, 0) is 13.6 Å². The number of benzene rings is 1. The minimum Gasteiger partial charge on any atom is -0.408 e. The van der Waals surface area contributed by atoms with E-state index in [4.69, 9.17) is 4.42 Å². The highest BCUT2D eigenvalue weighted by Gasteiger charge is 2.07. The Morgan fingerprint density at radius 2 is 2.24 bits per heavy atom. The van der Waals surface area contributed by atoms with Crippen molar-refractivity contribution in [2.45, 2.75) is 6.54 Å². The minimum absolute atomic E-state index is 0.319. The van der Waals surface area contributed by atoms with Crippen LogP contribution in [-0.4, -0.2) is 28.8 Å². The molecule has 1 aromatic carbocycles. The van der Waals surface area contributed by atoms with Crippen molar-refractivity contribution < 1.29 is 4.42 Å². The van der Waals surface area contributed by atoms with Crippen LogP contribution in [0.15, 0.2) is 27.4 Å². The van der Waals surface area contributed by atoms with Crippen molar-refractivity contribution in [3.63, 3.8) is 0 Å². The fourth-order valence-electron chi connectivity index (χ4n) is 1.83. The summed E-state index contributed by atoms with van der Waals surface area (Å²) in [5, 5.41) is 0. The van der Waals surface area contributed by atoms with Crippen LogP contribution in [0.1, 0.15) is 5.56 Å². The summed E-state index contributed by atoms with van der Waals surface area (Å²) in [4.78, 5) is 13.5. The van der Waals surface area contributed by atoms with Gasteiger partial charge in [0.25, 0.3) is 0 Å². The number of thiol groups is 1. The van der Waals surface area contributed by atoms with E-state index in [1.807, 2.05) is 18.2 Å². The monoisotopic (exact) mass is 252 g/mol. The maximum atomic E-state index is 11.4. The molecule has 0 saturated heterocycles. The van der Waals surface area contributed by atoms with E-state index in [1.54, 1.807) is 7.05 Å². The largest absolute Gasteiger partial charge is 0.419 e. The van der Waals surface area contributed by atoms with Crippen molar-refractivity contribution in [3.8, 4) is 0 Å². The van der Waals surface area contributed by atoms with E-state index in [0.717, 1.165) is 29.9 Å². The lowest BCUT2D eigenvalue weighted by atomic mass is 10.2. The van der Waals surface area contributed by atoms with Gasteiger partial charge < -0.3 is 9.32 Å². The van der Waals surface area contributed by atoms with Gasteiger partial charge in [0.05, 0.1) is 5.52 Å². The second-order valence-electron chi connectivity index (χ2n) is 4.19. The first-order valence-electron chi connectivity index (χ1n) is 5.49. The van der Waals surface area contributed by atoms with Gasteiger partial charge in [0, 0.05) is 25.9 Å². The van der Waals surface area contributed by atoms with Crippen molar-refractivity contribution in [1.82, 2.24) is 9.47 Å². The third-order valence-corrected chi connectivity index (χ3v) is 2.99. The summed E-state index contributed by atoms with van der Waals surface area (Å²) in [7, 11) is 3.77. The lowest BCUT2D eigenvalue weighted by Crippen LogP contribution is -2.20. The third kappa shape index (κ3) is 2.56. The molecule has 0 unspecified atom stereocenters. The Morgan fingerprint density at radius 3 is 2.94 bits per heavy atom. The third-order valence-electron chi connectivity index (χ3n) is 2.79. The Hall–Kier alpha value is -1.20. The maximum absolute atomic E-state index is 11.4. The summed E-state index contributed by atoms with van der Waals surface area (Å²) >= 11 is 4.20. The summed E-state index contributed by atoms with van der Waals surface area (Å²) in [6.07, 6.45) is 0. The van der Waals surface area contributed by atoms with E-state index < -0.39 is 0 Å². The first-order valence-corrected chi connectivity index (χ1v) is 6.13. The Bertz CT molecular complexity index is 573. The molecule has 2 rings (SSSR count). The van der Waals surface area contributed by atoms with E-state index in [2.05, 4.69) is 24.6 Å². The molecule has 0 radical (unpaired) electrons. The molecular formula is C12H16N2O2S. The molecule has 1 aromatic heterocycles. The number of aryl methyl sites for hydroxylation is 1. The van der Waals surface area contributed by atoms with Gasteiger partial charge in [-0.3, -0.25) is 4.57 Å². The normalized spacial score (nSPS) is 11.5. The molecule has 0 atom stereocenters. The fourth-order valence-corrected chi connectivity index (χ4v) is 2.17. The number of rotatable bonds is 4. The van der Waals surface area contributed by atoms with Crippen molar-refractivity contribution in [2.24, 2.45) is 7.05 Å². The molecule has 0 saturated carbocycles. The van der Waals surface area contributed by atoms with E-state index in [-0.39, 0.29) is 5.76 Å². The van der Waals surface area contributed by atoms with Crippen LogP contribution in [0.4, 0.5) is 0 Å². The Labute approximate surface area is 105 Å². The molecule has 17 heavy (non-hydrogen) atoms. The predicted molar refractivity (Wildman–Crippen MR) is 71.6 cm³/mol. The molecule has 2 aromatic rings. The van der Waals surface area contributed by atoms with Crippen LogP contribution in [0.3, 0.4) is 0 Å². The average molecular weight is 252 g/mol. The van der Waals surface area contributed by atoms with Crippen molar-refractivity contribution in [2.75, 3.05) is 19.3 Å². The maximum Gasteiger partial charge on any atom is 0.419 e. The quantitative estimate of drug-likeness (QED) is 0.838. The van der Waals surface area contributed by atoms with Crippen molar-refractivity contribution in [1.29, 1.82) is 0 Å². The molecule has 1 heterocycles. The van der Waals surface area contributed by atoms with Gasteiger partial charge in [-0.2, -0.15) is 12.6 Å². The van der Waals surface area contributed by atoms with Crippen molar-refractivity contribution >= 4 is 23.7 Å². The van der Waals surface area contributed by atoms with Crippen LogP contribution in [0.25, 0.3) is 11.1 Å². The van der Waals surface area contributed by atoms with E-state index in [1.165, 1.54) is 4.57 Å².